The van der Waals surface area contributed by atoms with Crippen LogP contribution in [0.15, 0.2) is 36.5 Å². The molecule has 0 saturated heterocycles. The maximum Gasteiger partial charge on any atom is 0.238 e. The molecule has 0 atom stereocenters. The van der Waals surface area contributed by atoms with Gasteiger partial charge in [-0.3, -0.25) is 0 Å². The predicted octanol–water partition coefficient (Wildman–Crippen LogP) is 3.42. The summed E-state index contributed by atoms with van der Waals surface area (Å²) in [6, 6.07) is 8.81. The van der Waals surface area contributed by atoms with Crippen LogP contribution in [0, 0.1) is 0 Å². The normalized spacial score (nSPS) is 10.3. The van der Waals surface area contributed by atoms with Crippen molar-refractivity contribution in [3.8, 4) is 17.4 Å². The Morgan fingerprint density at radius 1 is 1.21 bits per heavy atom. The molecular formula is C14H14ClNO3. The van der Waals surface area contributed by atoms with Crippen molar-refractivity contribution in [2.24, 2.45) is 0 Å². The number of rotatable bonds is 5. The first-order chi connectivity index (χ1) is 9.22. The molecule has 2 rings (SSSR count). The Kier molecular flexibility index (Phi) is 4.60. The highest BCUT2D eigenvalue weighted by Crippen LogP contribution is 2.28. The van der Waals surface area contributed by atoms with E-state index < -0.39 is 0 Å². The molecule has 0 bridgehead atoms. The molecule has 2 aromatic rings. The second kappa shape index (κ2) is 6.41. The van der Waals surface area contributed by atoms with Crippen LogP contribution in [-0.2, 0) is 6.61 Å². The topological polar surface area (TPSA) is 51.6 Å². The maximum absolute atomic E-state index is 8.97. The first kappa shape index (κ1) is 13.6. The van der Waals surface area contributed by atoms with Crippen molar-refractivity contribution >= 4 is 11.6 Å². The molecular weight excluding hydrogens is 266 g/mol. The third-order valence-corrected chi connectivity index (χ3v) is 2.67. The lowest BCUT2D eigenvalue weighted by atomic mass is 10.3. The van der Waals surface area contributed by atoms with Gasteiger partial charge in [-0.15, -0.1) is 0 Å². The van der Waals surface area contributed by atoms with Crippen LogP contribution in [-0.4, -0.2) is 16.7 Å². The maximum atomic E-state index is 8.97. The summed E-state index contributed by atoms with van der Waals surface area (Å²) >= 11 is 6.02. The Morgan fingerprint density at radius 2 is 1.89 bits per heavy atom. The average Bonchev–Trinajstić information content (AvgIpc) is 2.43. The summed E-state index contributed by atoms with van der Waals surface area (Å²) in [7, 11) is 0. The first-order valence-electron chi connectivity index (χ1n) is 5.89. The van der Waals surface area contributed by atoms with Crippen molar-refractivity contribution in [2.75, 3.05) is 6.61 Å². The van der Waals surface area contributed by atoms with Crippen LogP contribution < -0.4 is 9.47 Å². The minimum absolute atomic E-state index is 0.101. The van der Waals surface area contributed by atoms with Gasteiger partial charge in [0.2, 0.25) is 5.88 Å². The molecule has 0 aliphatic rings. The van der Waals surface area contributed by atoms with Gasteiger partial charge in [-0.2, -0.15) is 0 Å². The average molecular weight is 280 g/mol. The number of halogens is 1. The van der Waals surface area contributed by atoms with Gasteiger partial charge in [-0.25, -0.2) is 4.98 Å². The third-order valence-electron chi connectivity index (χ3n) is 2.40. The third kappa shape index (κ3) is 3.59. The van der Waals surface area contributed by atoms with Crippen LogP contribution in [0.5, 0.6) is 17.4 Å². The summed E-state index contributed by atoms with van der Waals surface area (Å²) in [5, 5.41) is 9.33. The van der Waals surface area contributed by atoms with Crippen molar-refractivity contribution in [3.63, 3.8) is 0 Å². The number of aromatic nitrogens is 1. The Morgan fingerprint density at radius 3 is 2.47 bits per heavy atom. The molecule has 4 nitrogen and oxygen atoms in total. The minimum Gasteiger partial charge on any atom is -0.494 e. The van der Waals surface area contributed by atoms with Gasteiger partial charge < -0.3 is 14.6 Å². The standard InChI is InChI=1S/C14H14ClNO3/c1-2-18-11-3-5-12(6-4-11)19-14-13(15)7-10(9-17)8-16-14/h3-8,17H,2,9H2,1H3. The molecule has 0 unspecified atom stereocenters. The fourth-order valence-corrected chi connectivity index (χ4v) is 1.74. The molecule has 0 amide bonds. The van der Waals surface area contributed by atoms with Crippen molar-refractivity contribution < 1.29 is 14.6 Å². The summed E-state index contributed by atoms with van der Waals surface area (Å²) in [5.74, 6) is 1.71. The van der Waals surface area contributed by atoms with Crippen LogP contribution >= 0.6 is 11.6 Å². The Hall–Kier alpha value is -1.78. The molecule has 1 aromatic carbocycles. The van der Waals surface area contributed by atoms with E-state index in [1.54, 1.807) is 18.2 Å². The summed E-state index contributed by atoms with van der Waals surface area (Å²) < 4.78 is 10.9. The largest absolute Gasteiger partial charge is 0.494 e. The molecule has 0 saturated carbocycles. The Labute approximate surface area is 116 Å². The van der Waals surface area contributed by atoms with E-state index in [9.17, 15) is 0 Å². The van der Waals surface area contributed by atoms with Gasteiger partial charge in [0.1, 0.15) is 16.5 Å². The number of pyridine rings is 1. The summed E-state index contributed by atoms with van der Waals surface area (Å²) in [4.78, 5) is 4.06. The van der Waals surface area contributed by atoms with E-state index in [4.69, 9.17) is 26.2 Å². The van der Waals surface area contributed by atoms with E-state index in [1.165, 1.54) is 6.20 Å². The van der Waals surface area contributed by atoms with Crippen LogP contribution in [0.25, 0.3) is 0 Å². The number of nitrogens with zero attached hydrogens (tertiary/aromatic N) is 1. The van der Waals surface area contributed by atoms with Gasteiger partial charge in [0.25, 0.3) is 0 Å². The highest BCUT2D eigenvalue weighted by molar-refractivity contribution is 6.31. The lowest BCUT2D eigenvalue weighted by molar-refractivity contribution is 0.281. The highest BCUT2D eigenvalue weighted by atomic mass is 35.5. The highest BCUT2D eigenvalue weighted by Gasteiger charge is 2.06. The smallest absolute Gasteiger partial charge is 0.238 e. The van der Waals surface area contributed by atoms with Gasteiger partial charge in [-0.1, -0.05) is 11.6 Å². The molecule has 100 valence electrons. The van der Waals surface area contributed by atoms with Gasteiger partial charge in [0.15, 0.2) is 0 Å². The van der Waals surface area contributed by atoms with Crippen LogP contribution in [0.2, 0.25) is 5.02 Å². The zero-order valence-electron chi connectivity index (χ0n) is 10.5. The number of hydrogen-bond acceptors (Lipinski definition) is 4. The van der Waals surface area contributed by atoms with E-state index in [0.717, 1.165) is 5.75 Å². The van der Waals surface area contributed by atoms with E-state index in [1.807, 2.05) is 19.1 Å². The quantitative estimate of drug-likeness (QED) is 0.911. The lowest BCUT2D eigenvalue weighted by Gasteiger charge is -2.08. The van der Waals surface area contributed by atoms with E-state index in [0.29, 0.717) is 28.8 Å². The van der Waals surface area contributed by atoms with E-state index in [-0.39, 0.29) is 6.61 Å². The summed E-state index contributed by atoms with van der Waals surface area (Å²) in [6.07, 6.45) is 1.52. The molecule has 19 heavy (non-hydrogen) atoms. The van der Waals surface area contributed by atoms with Crippen molar-refractivity contribution in [1.29, 1.82) is 0 Å². The Bertz CT molecular complexity index is 543. The zero-order chi connectivity index (χ0) is 13.7. The lowest BCUT2D eigenvalue weighted by Crippen LogP contribution is -1.93. The molecule has 0 fully saturated rings. The van der Waals surface area contributed by atoms with Gasteiger partial charge in [0, 0.05) is 6.20 Å². The minimum atomic E-state index is -0.101. The number of aliphatic hydroxyl groups is 1. The SMILES string of the molecule is CCOc1ccc(Oc2ncc(CO)cc2Cl)cc1. The van der Waals surface area contributed by atoms with E-state index >= 15 is 0 Å². The fraction of sp³-hybridized carbons (Fsp3) is 0.214. The van der Waals surface area contributed by atoms with Gasteiger partial charge >= 0.3 is 0 Å². The second-order valence-corrected chi connectivity index (χ2v) is 4.20. The molecule has 0 aliphatic heterocycles. The number of ether oxygens (including phenoxy) is 2. The number of benzene rings is 1. The monoisotopic (exact) mass is 279 g/mol. The van der Waals surface area contributed by atoms with Crippen molar-refractivity contribution in [1.82, 2.24) is 4.98 Å². The number of hydrogen-bond donors (Lipinski definition) is 1. The summed E-state index contributed by atoms with van der Waals surface area (Å²) in [5.41, 5.74) is 0.643. The van der Waals surface area contributed by atoms with Gasteiger partial charge in [-0.05, 0) is 42.8 Å². The molecule has 1 aromatic heterocycles. The first-order valence-corrected chi connectivity index (χ1v) is 6.26. The Balaban J connectivity index is 2.12. The van der Waals surface area contributed by atoms with Gasteiger partial charge in [0.05, 0.1) is 13.2 Å². The van der Waals surface area contributed by atoms with Crippen molar-refractivity contribution in [2.45, 2.75) is 13.5 Å². The van der Waals surface area contributed by atoms with Crippen molar-refractivity contribution in [3.05, 3.63) is 47.1 Å². The molecule has 1 heterocycles. The van der Waals surface area contributed by atoms with Crippen LogP contribution in [0.1, 0.15) is 12.5 Å². The summed E-state index contributed by atoms with van der Waals surface area (Å²) in [6.45, 7) is 2.45. The molecule has 5 heteroatoms. The number of aliphatic hydroxyl groups excluding tert-OH is 1. The van der Waals surface area contributed by atoms with Crippen LogP contribution in [0.4, 0.5) is 0 Å². The molecule has 0 spiro atoms. The van der Waals surface area contributed by atoms with Crippen LogP contribution in [0.3, 0.4) is 0 Å². The zero-order valence-corrected chi connectivity index (χ0v) is 11.2. The molecule has 0 aliphatic carbocycles. The molecule has 0 radical (unpaired) electrons. The fourth-order valence-electron chi connectivity index (χ4n) is 1.51. The van der Waals surface area contributed by atoms with E-state index in [2.05, 4.69) is 4.98 Å². The molecule has 1 N–H and O–H groups in total. The second-order valence-electron chi connectivity index (χ2n) is 3.80. The predicted molar refractivity (Wildman–Crippen MR) is 72.9 cm³/mol.